The lowest BCUT2D eigenvalue weighted by atomic mass is 10.3. The third kappa shape index (κ3) is 2.51. The summed E-state index contributed by atoms with van der Waals surface area (Å²) >= 11 is 1.25. The normalized spacial score (nSPS) is 10.7. The van der Waals surface area contributed by atoms with E-state index < -0.39 is 17.6 Å². The maximum absolute atomic E-state index is 12.1. The van der Waals surface area contributed by atoms with Gasteiger partial charge < -0.3 is 15.5 Å². The Balaban J connectivity index is 1.85. The summed E-state index contributed by atoms with van der Waals surface area (Å²) in [5.41, 5.74) is 6.73. The molecule has 112 valence electrons. The monoisotopic (exact) mass is 317 g/mol. The van der Waals surface area contributed by atoms with Crippen molar-refractivity contribution in [1.82, 2.24) is 4.57 Å². The number of carbonyl (C=O) groups excluding carboxylic acids is 2. The maximum atomic E-state index is 12.1. The van der Waals surface area contributed by atoms with Gasteiger partial charge in [-0.05, 0) is 12.1 Å². The molecule has 0 radical (unpaired) electrons. The van der Waals surface area contributed by atoms with Gasteiger partial charge >= 0.3 is 5.76 Å². The molecule has 3 rings (SSSR count). The largest absolute Gasteiger partial charge is 0.420 e. The Morgan fingerprint density at radius 3 is 2.82 bits per heavy atom. The van der Waals surface area contributed by atoms with Crippen LogP contribution < -0.4 is 16.8 Å². The van der Waals surface area contributed by atoms with E-state index >= 15 is 0 Å². The minimum Gasteiger partial charge on any atom is -0.408 e. The Morgan fingerprint density at radius 1 is 1.27 bits per heavy atom. The lowest BCUT2D eigenvalue weighted by Crippen LogP contribution is -2.25. The molecular formula is C14H11N3O4S. The predicted molar refractivity (Wildman–Crippen MR) is 81.9 cm³/mol. The van der Waals surface area contributed by atoms with Crippen molar-refractivity contribution in [1.29, 1.82) is 0 Å². The molecule has 0 atom stereocenters. The number of nitrogens with one attached hydrogen (secondary N) is 1. The highest BCUT2D eigenvalue weighted by molar-refractivity contribution is 7.08. The number of fused-ring (bicyclic) bond motifs is 1. The van der Waals surface area contributed by atoms with Crippen molar-refractivity contribution in [3.8, 4) is 0 Å². The van der Waals surface area contributed by atoms with Crippen LogP contribution in [0.4, 0.5) is 5.69 Å². The van der Waals surface area contributed by atoms with Gasteiger partial charge in [-0.2, -0.15) is 0 Å². The van der Waals surface area contributed by atoms with E-state index in [2.05, 4.69) is 5.32 Å². The third-order valence-electron chi connectivity index (χ3n) is 3.08. The van der Waals surface area contributed by atoms with Gasteiger partial charge in [0.1, 0.15) is 6.54 Å². The SMILES string of the molecule is NC(=O)c1cscc1NC(=O)Cn1c(=O)oc2ccccc21. The second kappa shape index (κ2) is 5.49. The summed E-state index contributed by atoms with van der Waals surface area (Å²) in [6.45, 7) is -0.218. The van der Waals surface area contributed by atoms with Crippen LogP contribution in [0.2, 0.25) is 0 Å². The molecule has 0 fully saturated rings. The molecule has 0 saturated carbocycles. The molecule has 0 aliphatic heterocycles. The number of benzene rings is 1. The van der Waals surface area contributed by atoms with Crippen LogP contribution in [0.25, 0.3) is 11.1 Å². The highest BCUT2D eigenvalue weighted by Crippen LogP contribution is 2.20. The quantitative estimate of drug-likeness (QED) is 0.758. The van der Waals surface area contributed by atoms with Gasteiger partial charge in [-0.15, -0.1) is 11.3 Å². The molecule has 22 heavy (non-hydrogen) atoms. The van der Waals surface area contributed by atoms with E-state index in [9.17, 15) is 14.4 Å². The number of oxazole rings is 1. The zero-order chi connectivity index (χ0) is 15.7. The average Bonchev–Trinajstić information content (AvgIpc) is 3.04. The Morgan fingerprint density at radius 2 is 2.05 bits per heavy atom. The summed E-state index contributed by atoms with van der Waals surface area (Å²) in [5, 5.41) is 5.73. The molecule has 0 aliphatic rings. The fourth-order valence-corrected chi connectivity index (χ4v) is 2.85. The first-order valence-corrected chi connectivity index (χ1v) is 7.25. The van der Waals surface area contributed by atoms with E-state index in [0.29, 0.717) is 16.8 Å². The van der Waals surface area contributed by atoms with Gasteiger partial charge in [-0.25, -0.2) is 4.79 Å². The lowest BCUT2D eigenvalue weighted by molar-refractivity contribution is -0.116. The molecule has 3 N–H and O–H groups in total. The van der Waals surface area contributed by atoms with Gasteiger partial charge in [0.05, 0.1) is 16.8 Å². The van der Waals surface area contributed by atoms with Gasteiger partial charge in [0, 0.05) is 10.8 Å². The Kier molecular flexibility index (Phi) is 3.51. The van der Waals surface area contributed by atoms with Crippen molar-refractivity contribution in [3.63, 3.8) is 0 Å². The van der Waals surface area contributed by atoms with Crippen LogP contribution >= 0.6 is 11.3 Å². The van der Waals surface area contributed by atoms with E-state index in [4.69, 9.17) is 10.2 Å². The number of hydrogen-bond donors (Lipinski definition) is 2. The number of nitrogens with two attached hydrogens (primary N) is 1. The van der Waals surface area contributed by atoms with Crippen LogP contribution in [0.1, 0.15) is 10.4 Å². The Labute approximate surface area is 128 Å². The highest BCUT2D eigenvalue weighted by Gasteiger charge is 2.15. The minimum atomic E-state index is -0.623. The van der Waals surface area contributed by atoms with Crippen LogP contribution in [0.3, 0.4) is 0 Å². The molecule has 0 saturated heterocycles. The molecule has 0 spiro atoms. The number of thiophene rings is 1. The number of amides is 2. The number of aromatic nitrogens is 1. The standard InChI is InChI=1S/C14H11N3O4S/c15-13(19)8-6-22-7-9(8)16-12(18)5-17-10-3-1-2-4-11(10)21-14(17)20/h1-4,6-7H,5H2,(H2,15,19)(H,16,18). The van der Waals surface area contributed by atoms with E-state index in [1.807, 2.05) is 0 Å². The van der Waals surface area contributed by atoms with Crippen molar-refractivity contribution in [2.24, 2.45) is 5.73 Å². The first kappa shape index (κ1) is 14.1. The zero-order valence-electron chi connectivity index (χ0n) is 11.2. The van der Waals surface area contributed by atoms with Crippen molar-refractivity contribution in [2.75, 3.05) is 5.32 Å². The summed E-state index contributed by atoms with van der Waals surface area (Å²) in [7, 11) is 0. The van der Waals surface area contributed by atoms with Gasteiger partial charge in [0.15, 0.2) is 5.58 Å². The summed E-state index contributed by atoms with van der Waals surface area (Å²) in [6.07, 6.45) is 0. The van der Waals surface area contributed by atoms with E-state index in [1.54, 1.807) is 35.0 Å². The lowest BCUT2D eigenvalue weighted by Gasteiger charge is -2.05. The smallest absolute Gasteiger partial charge is 0.408 e. The summed E-state index contributed by atoms with van der Waals surface area (Å²) in [6, 6.07) is 6.82. The molecule has 0 aliphatic carbocycles. The number of rotatable bonds is 4. The Bertz CT molecular complexity index is 921. The predicted octanol–water partition coefficient (Wildman–Crippen LogP) is 1.39. The maximum Gasteiger partial charge on any atom is 0.420 e. The second-order valence-corrected chi connectivity index (χ2v) is 5.28. The Hall–Kier alpha value is -2.87. The fourth-order valence-electron chi connectivity index (χ4n) is 2.08. The first-order chi connectivity index (χ1) is 10.6. The number of hydrogen-bond acceptors (Lipinski definition) is 5. The van der Waals surface area contributed by atoms with E-state index in [-0.39, 0.29) is 12.1 Å². The van der Waals surface area contributed by atoms with Crippen molar-refractivity contribution >= 4 is 39.9 Å². The molecule has 2 heterocycles. The number of primary amides is 1. The van der Waals surface area contributed by atoms with Gasteiger partial charge in [-0.1, -0.05) is 12.1 Å². The summed E-state index contributed by atoms with van der Waals surface area (Å²) in [5.74, 6) is -1.69. The molecule has 0 bridgehead atoms. The zero-order valence-corrected chi connectivity index (χ0v) is 12.1. The number of carbonyl (C=O) groups is 2. The topological polar surface area (TPSA) is 107 Å². The molecule has 7 nitrogen and oxygen atoms in total. The number of nitrogens with zero attached hydrogens (tertiary/aromatic N) is 1. The first-order valence-electron chi connectivity index (χ1n) is 6.30. The van der Waals surface area contributed by atoms with Crippen LogP contribution in [0, 0.1) is 0 Å². The number of para-hydroxylation sites is 2. The van der Waals surface area contributed by atoms with Crippen molar-refractivity contribution in [2.45, 2.75) is 6.54 Å². The van der Waals surface area contributed by atoms with Crippen LogP contribution in [-0.2, 0) is 11.3 Å². The van der Waals surface area contributed by atoms with Crippen molar-refractivity contribution < 1.29 is 14.0 Å². The molecule has 8 heteroatoms. The summed E-state index contributed by atoms with van der Waals surface area (Å²) < 4.78 is 6.28. The van der Waals surface area contributed by atoms with Crippen LogP contribution in [-0.4, -0.2) is 16.4 Å². The molecule has 0 unspecified atom stereocenters. The van der Waals surface area contributed by atoms with Crippen molar-refractivity contribution in [3.05, 3.63) is 51.1 Å². The molecular weight excluding hydrogens is 306 g/mol. The minimum absolute atomic E-state index is 0.218. The molecule has 2 amide bonds. The van der Waals surface area contributed by atoms with Crippen LogP contribution in [0.15, 0.2) is 44.2 Å². The van der Waals surface area contributed by atoms with E-state index in [0.717, 1.165) is 0 Å². The highest BCUT2D eigenvalue weighted by atomic mass is 32.1. The second-order valence-electron chi connectivity index (χ2n) is 4.53. The van der Waals surface area contributed by atoms with Gasteiger partial charge in [0.25, 0.3) is 5.91 Å². The van der Waals surface area contributed by atoms with Crippen LogP contribution in [0.5, 0.6) is 0 Å². The molecule has 1 aromatic carbocycles. The molecule has 2 aromatic heterocycles. The third-order valence-corrected chi connectivity index (χ3v) is 3.82. The van der Waals surface area contributed by atoms with Gasteiger partial charge in [0.2, 0.25) is 5.91 Å². The summed E-state index contributed by atoms with van der Waals surface area (Å²) in [4.78, 5) is 35.1. The molecule has 3 aromatic rings. The number of anilines is 1. The van der Waals surface area contributed by atoms with E-state index in [1.165, 1.54) is 15.9 Å². The van der Waals surface area contributed by atoms with Gasteiger partial charge in [-0.3, -0.25) is 14.2 Å². The fraction of sp³-hybridized carbons (Fsp3) is 0.0714. The average molecular weight is 317 g/mol.